The molecule has 2 fully saturated rings. The van der Waals surface area contributed by atoms with Crippen molar-refractivity contribution >= 4 is 27.1 Å². The van der Waals surface area contributed by atoms with Crippen molar-refractivity contribution < 1.29 is 0 Å². The highest BCUT2D eigenvalue weighted by Crippen LogP contribution is 2.60. The summed E-state index contributed by atoms with van der Waals surface area (Å²) in [6.45, 7) is 0. The zero-order valence-electron chi connectivity index (χ0n) is 9.49. The van der Waals surface area contributed by atoms with E-state index in [9.17, 15) is 0 Å². The van der Waals surface area contributed by atoms with Crippen molar-refractivity contribution in [2.45, 2.75) is 31.6 Å². The van der Waals surface area contributed by atoms with Gasteiger partial charge in [0.25, 0.3) is 0 Å². The van der Waals surface area contributed by atoms with E-state index < -0.39 is 0 Å². The Morgan fingerprint density at radius 1 is 1.24 bits per heavy atom. The molecule has 4 rings (SSSR count). The zero-order valence-corrected chi connectivity index (χ0v) is 11.1. The van der Waals surface area contributed by atoms with E-state index in [0.29, 0.717) is 5.92 Å². The summed E-state index contributed by atoms with van der Waals surface area (Å²) < 4.78 is 1.01. The summed E-state index contributed by atoms with van der Waals surface area (Å²) in [6.07, 6.45) is 7.41. The Balaban J connectivity index is 1.72. The van der Waals surface area contributed by atoms with Crippen LogP contribution in [0.4, 0.5) is 0 Å². The summed E-state index contributed by atoms with van der Waals surface area (Å²) >= 11 is 3.45. The van der Waals surface area contributed by atoms with E-state index in [4.69, 9.17) is 0 Å². The molecule has 0 amide bonds. The number of imidazole rings is 1. The van der Waals surface area contributed by atoms with Crippen LogP contribution in [-0.4, -0.2) is 15.0 Å². The Hall–Kier alpha value is -0.900. The molecule has 0 radical (unpaired) electrons. The number of fused-ring (bicyclic) bond motifs is 2. The van der Waals surface area contributed by atoms with Crippen LogP contribution < -0.4 is 0 Å². The summed E-state index contributed by atoms with van der Waals surface area (Å²) in [7, 11) is 0. The summed E-state index contributed by atoms with van der Waals surface area (Å²) in [4.78, 5) is 12.4. The summed E-state index contributed by atoms with van der Waals surface area (Å²) in [6, 6.07) is 2.06. The van der Waals surface area contributed by atoms with E-state index in [1.807, 2.05) is 6.20 Å². The maximum Gasteiger partial charge on any atom is 0.177 e. The number of hydrogen-bond donors (Lipinski definition) is 1. The number of nitrogens with zero attached hydrogens (tertiary/aromatic N) is 2. The van der Waals surface area contributed by atoms with Gasteiger partial charge in [0.1, 0.15) is 5.82 Å². The maximum atomic E-state index is 4.65. The Bertz CT molecular complexity index is 565. The van der Waals surface area contributed by atoms with Crippen molar-refractivity contribution in [3.63, 3.8) is 0 Å². The molecule has 0 bridgehead atoms. The molecule has 3 nitrogen and oxygen atoms in total. The molecule has 0 aliphatic heterocycles. The lowest BCUT2D eigenvalue weighted by atomic mass is 10.0. The third-order valence-corrected chi connectivity index (χ3v) is 4.73. The molecule has 2 aliphatic carbocycles. The molecule has 4 heteroatoms. The third kappa shape index (κ3) is 1.53. The first-order valence-corrected chi connectivity index (χ1v) is 7.13. The van der Waals surface area contributed by atoms with Crippen LogP contribution in [0.25, 0.3) is 11.2 Å². The van der Waals surface area contributed by atoms with Crippen molar-refractivity contribution in [1.29, 1.82) is 0 Å². The van der Waals surface area contributed by atoms with Gasteiger partial charge in [-0.05, 0) is 46.7 Å². The Morgan fingerprint density at radius 2 is 2.00 bits per heavy atom. The SMILES string of the molecule is Brc1cnc2nc(C3C4CCCCC43)[nH]c2c1. The van der Waals surface area contributed by atoms with E-state index in [-0.39, 0.29) is 0 Å². The van der Waals surface area contributed by atoms with Crippen molar-refractivity contribution in [2.24, 2.45) is 11.8 Å². The first-order chi connectivity index (χ1) is 8.33. The number of aromatic nitrogens is 3. The summed E-state index contributed by atoms with van der Waals surface area (Å²) in [5.41, 5.74) is 1.91. The molecule has 2 aromatic rings. The molecular weight excluding hydrogens is 278 g/mol. The van der Waals surface area contributed by atoms with Gasteiger partial charge in [-0.1, -0.05) is 12.8 Å². The van der Waals surface area contributed by atoms with Crippen LogP contribution in [0.1, 0.15) is 37.4 Å². The third-order valence-electron chi connectivity index (χ3n) is 4.29. The molecule has 2 saturated carbocycles. The molecule has 2 heterocycles. The quantitative estimate of drug-likeness (QED) is 0.872. The summed E-state index contributed by atoms with van der Waals surface area (Å²) in [5, 5.41) is 0. The lowest BCUT2D eigenvalue weighted by Gasteiger charge is -2.04. The minimum absolute atomic E-state index is 0.686. The normalized spacial score (nSPS) is 31.5. The van der Waals surface area contributed by atoms with Gasteiger partial charge < -0.3 is 4.98 Å². The number of pyridine rings is 1. The van der Waals surface area contributed by atoms with Gasteiger partial charge >= 0.3 is 0 Å². The first kappa shape index (κ1) is 10.1. The molecular formula is C13H14BrN3. The molecule has 2 aromatic heterocycles. The van der Waals surface area contributed by atoms with E-state index in [0.717, 1.165) is 27.5 Å². The van der Waals surface area contributed by atoms with E-state index in [2.05, 4.69) is 36.9 Å². The number of rotatable bonds is 1. The molecule has 0 spiro atoms. The van der Waals surface area contributed by atoms with Crippen molar-refractivity contribution in [3.05, 3.63) is 22.6 Å². The summed E-state index contributed by atoms with van der Waals surface area (Å²) in [5.74, 6) is 3.65. The maximum absolute atomic E-state index is 4.65. The average Bonchev–Trinajstić information content (AvgIpc) is 2.93. The number of halogens is 1. The number of hydrogen-bond acceptors (Lipinski definition) is 2. The van der Waals surface area contributed by atoms with Gasteiger partial charge in [0, 0.05) is 16.6 Å². The van der Waals surface area contributed by atoms with Gasteiger partial charge in [-0.2, -0.15) is 0 Å². The van der Waals surface area contributed by atoms with Crippen molar-refractivity contribution in [2.75, 3.05) is 0 Å². The van der Waals surface area contributed by atoms with Gasteiger partial charge in [-0.15, -0.1) is 0 Å². The monoisotopic (exact) mass is 291 g/mol. The number of nitrogens with one attached hydrogen (secondary N) is 1. The standard InChI is InChI=1S/C13H14BrN3/c14-7-5-10-12(15-6-7)17-13(16-10)11-8-3-1-2-4-9(8)11/h5-6,8-9,11H,1-4H2,(H,15,16,17). The fourth-order valence-corrected chi connectivity index (χ4v) is 3.78. The van der Waals surface area contributed by atoms with Crippen LogP contribution in [0.15, 0.2) is 16.7 Å². The zero-order chi connectivity index (χ0) is 11.4. The highest BCUT2D eigenvalue weighted by Gasteiger charge is 2.52. The Morgan fingerprint density at radius 3 is 2.76 bits per heavy atom. The topological polar surface area (TPSA) is 41.6 Å². The predicted molar refractivity (Wildman–Crippen MR) is 69.8 cm³/mol. The van der Waals surface area contributed by atoms with Crippen LogP contribution in [0.2, 0.25) is 0 Å². The Kier molecular flexibility index (Phi) is 2.10. The number of aromatic amines is 1. The van der Waals surface area contributed by atoms with E-state index >= 15 is 0 Å². The van der Waals surface area contributed by atoms with Crippen LogP contribution in [0, 0.1) is 11.8 Å². The molecule has 0 saturated heterocycles. The second-order valence-electron chi connectivity index (χ2n) is 5.28. The van der Waals surface area contributed by atoms with E-state index in [1.165, 1.54) is 31.5 Å². The van der Waals surface area contributed by atoms with Gasteiger partial charge in [0.05, 0.1) is 5.52 Å². The second kappa shape index (κ2) is 3.55. The molecule has 1 N–H and O–H groups in total. The predicted octanol–water partition coefficient (Wildman–Crippen LogP) is 3.62. The minimum Gasteiger partial charge on any atom is -0.340 e. The van der Waals surface area contributed by atoms with Crippen LogP contribution in [0.3, 0.4) is 0 Å². The molecule has 88 valence electrons. The molecule has 17 heavy (non-hydrogen) atoms. The second-order valence-corrected chi connectivity index (χ2v) is 6.20. The number of H-pyrrole nitrogens is 1. The van der Waals surface area contributed by atoms with Gasteiger partial charge in [0.15, 0.2) is 5.65 Å². The molecule has 0 aromatic carbocycles. The fourth-order valence-electron chi connectivity index (χ4n) is 3.45. The molecule has 2 atom stereocenters. The van der Waals surface area contributed by atoms with Crippen LogP contribution >= 0.6 is 15.9 Å². The minimum atomic E-state index is 0.686. The Labute approximate surface area is 108 Å². The highest BCUT2D eigenvalue weighted by molar-refractivity contribution is 9.10. The van der Waals surface area contributed by atoms with Crippen molar-refractivity contribution in [3.8, 4) is 0 Å². The smallest absolute Gasteiger partial charge is 0.177 e. The van der Waals surface area contributed by atoms with Gasteiger partial charge in [-0.3, -0.25) is 0 Å². The van der Waals surface area contributed by atoms with Crippen molar-refractivity contribution in [1.82, 2.24) is 15.0 Å². The van der Waals surface area contributed by atoms with Gasteiger partial charge in [-0.25, -0.2) is 9.97 Å². The lowest BCUT2D eigenvalue weighted by Crippen LogP contribution is -1.91. The molecule has 2 unspecified atom stereocenters. The van der Waals surface area contributed by atoms with Crippen LogP contribution in [0.5, 0.6) is 0 Å². The van der Waals surface area contributed by atoms with E-state index in [1.54, 1.807) is 0 Å². The fraction of sp³-hybridized carbons (Fsp3) is 0.538. The lowest BCUT2D eigenvalue weighted by molar-refractivity contribution is 0.480. The highest BCUT2D eigenvalue weighted by atomic mass is 79.9. The largest absolute Gasteiger partial charge is 0.340 e. The van der Waals surface area contributed by atoms with Gasteiger partial charge in [0.2, 0.25) is 0 Å². The molecule has 2 aliphatic rings. The van der Waals surface area contributed by atoms with Crippen LogP contribution in [-0.2, 0) is 0 Å². The average molecular weight is 292 g/mol. The first-order valence-electron chi connectivity index (χ1n) is 6.34.